The van der Waals surface area contributed by atoms with Crippen LogP contribution in [-0.4, -0.2) is 42.8 Å². The lowest BCUT2D eigenvalue weighted by atomic mass is 10.1. The van der Waals surface area contributed by atoms with Gasteiger partial charge >= 0.3 is 0 Å². The fourth-order valence-corrected chi connectivity index (χ4v) is 4.48. The summed E-state index contributed by atoms with van der Waals surface area (Å²) >= 11 is 0. The van der Waals surface area contributed by atoms with Crippen LogP contribution >= 0.6 is 0 Å². The Morgan fingerprint density at radius 3 is 2.47 bits per heavy atom. The summed E-state index contributed by atoms with van der Waals surface area (Å²) in [5.74, 6) is 3.30. The molecular formula is C27H27N3O4. The molecule has 1 aliphatic rings. The number of carbonyl (C=O) groups excluding carboxylic acids is 1. The largest absolute Gasteiger partial charge is 0.497 e. The molecule has 0 N–H and O–H groups in total. The molecule has 0 bridgehead atoms. The first-order valence-corrected chi connectivity index (χ1v) is 11.3. The number of benzene rings is 3. The zero-order valence-electron chi connectivity index (χ0n) is 19.3. The molecule has 0 aliphatic carbocycles. The number of ether oxygens (including phenoxy) is 3. The third-order valence-corrected chi connectivity index (χ3v) is 6.18. The van der Waals surface area contributed by atoms with E-state index in [-0.39, 0.29) is 11.8 Å². The summed E-state index contributed by atoms with van der Waals surface area (Å²) in [5.41, 5.74) is 2.84. The lowest BCUT2D eigenvalue weighted by Gasteiger charge is -2.18. The van der Waals surface area contributed by atoms with Crippen LogP contribution < -0.4 is 19.1 Å². The number of imidazole rings is 1. The first kappa shape index (κ1) is 21.8. The van der Waals surface area contributed by atoms with Gasteiger partial charge in [0, 0.05) is 30.6 Å². The van der Waals surface area contributed by atoms with Crippen LogP contribution in [-0.2, 0) is 11.3 Å². The molecule has 0 saturated carbocycles. The molecule has 0 radical (unpaired) electrons. The molecule has 1 aromatic heterocycles. The highest BCUT2D eigenvalue weighted by Crippen LogP contribution is 2.34. The molecule has 3 aromatic carbocycles. The number of aromatic nitrogens is 2. The Bertz CT molecular complexity index is 1300. The number of hydrogen-bond acceptors (Lipinski definition) is 5. The molecule has 1 saturated heterocycles. The average Bonchev–Trinajstić information content (AvgIpc) is 3.45. The minimum Gasteiger partial charge on any atom is -0.497 e. The number of hydrogen-bond donors (Lipinski definition) is 0. The first-order valence-electron chi connectivity index (χ1n) is 11.3. The molecule has 4 aromatic rings. The zero-order chi connectivity index (χ0) is 23.5. The van der Waals surface area contributed by atoms with Crippen LogP contribution in [0.1, 0.15) is 18.2 Å². The van der Waals surface area contributed by atoms with E-state index in [1.165, 1.54) is 0 Å². The van der Waals surface area contributed by atoms with E-state index in [2.05, 4.69) is 10.6 Å². The lowest BCUT2D eigenvalue weighted by molar-refractivity contribution is -0.117. The topological polar surface area (TPSA) is 65.8 Å². The van der Waals surface area contributed by atoms with E-state index in [0.717, 1.165) is 39.8 Å². The van der Waals surface area contributed by atoms with Gasteiger partial charge in [-0.25, -0.2) is 4.98 Å². The monoisotopic (exact) mass is 457 g/mol. The Kier molecular flexibility index (Phi) is 6.08. The second-order valence-electron chi connectivity index (χ2n) is 8.24. The van der Waals surface area contributed by atoms with Crippen molar-refractivity contribution in [2.75, 3.05) is 32.3 Å². The smallest absolute Gasteiger partial charge is 0.227 e. The van der Waals surface area contributed by atoms with Gasteiger partial charge < -0.3 is 23.7 Å². The molecular weight excluding hydrogens is 430 g/mol. The summed E-state index contributed by atoms with van der Waals surface area (Å²) in [6, 6.07) is 23.2. The van der Waals surface area contributed by atoms with E-state index in [1.54, 1.807) is 14.2 Å². The second kappa shape index (κ2) is 9.47. The molecule has 1 amide bonds. The van der Waals surface area contributed by atoms with Crippen molar-refractivity contribution < 1.29 is 19.0 Å². The second-order valence-corrected chi connectivity index (χ2v) is 8.24. The van der Waals surface area contributed by atoms with Gasteiger partial charge in [0.15, 0.2) is 0 Å². The molecule has 1 atom stereocenters. The Labute approximate surface area is 198 Å². The van der Waals surface area contributed by atoms with E-state index in [9.17, 15) is 4.79 Å². The number of nitrogens with zero attached hydrogens (tertiary/aromatic N) is 3. The van der Waals surface area contributed by atoms with Gasteiger partial charge in [-0.3, -0.25) is 4.79 Å². The number of carbonyl (C=O) groups is 1. The number of fused-ring (bicyclic) bond motifs is 1. The highest BCUT2D eigenvalue weighted by atomic mass is 16.5. The molecule has 174 valence electrons. The Balaban J connectivity index is 1.37. The fraction of sp³-hybridized carbons (Fsp3) is 0.259. The molecule has 0 spiro atoms. The quantitative estimate of drug-likeness (QED) is 0.385. The highest BCUT2D eigenvalue weighted by molar-refractivity contribution is 5.96. The van der Waals surface area contributed by atoms with Crippen molar-refractivity contribution >= 4 is 22.6 Å². The van der Waals surface area contributed by atoms with Gasteiger partial charge in [-0.05, 0) is 48.5 Å². The zero-order valence-corrected chi connectivity index (χ0v) is 19.3. The van der Waals surface area contributed by atoms with Gasteiger partial charge in [0.2, 0.25) is 5.91 Å². The van der Waals surface area contributed by atoms with Gasteiger partial charge in [-0.1, -0.05) is 18.2 Å². The third-order valence-electron chi connectivity index (χ3n) is 6.18. The Morgan fingerprint density at radius 2 is 1.68 bits per heavy atom. The number of anilines is 1. The highest BCUT2D eigenvalue weighted by Gasteiger charge is 2.34. The normalized spacial score (nSPS) is 15.6. The molecule has 1 aliphatic heterocycles. The molecule has 34 heavy (non-hydrogen) atoms. The van der Waals surface area contributed by atoms with Gasteiger partial charge in [-0.2, -0.15) is 0 Å². The molecule has 7 heteroatoms. The van der Waals surface area contributed by atoms with Crippen molar-refractivity contribution in [2.24, 2.45) is 0 Å². The summed E-state index contributed by atoms with van der Waals surface area (Å²) in [5, 5.41) is 0. The van der Waals surface area contributed by atoms with Crippen molar-refractivity contribution in [1.82, 2.24) is 9.55 Å². The van der Waals surface area contributed by atoms with E-state index in [1.807, 2.05) is 71.6 Å². The Hall–Kier alpha value is -4.00. The Morgan fingerprint density at radius 1 is 0.912 bits per heavy atom. The van der Waals surface area contributed by atoms with Gasteiger partial charge in [-0.15, -0.1) is 0 Å². The number of rotatable bonds is 8. The summed E-state index contributed by atoms with van der Waals surface area (Å²) in [6.45, 7) is 1.69. The standard InChI is InChI=1S/C27H27N3O4/c1-32-21-12-10-20(11-13-21)30-18-19(16-26(30)31)27-28-24-8-3-4-9-25(24)29(27)14-15-34-23-7-5-6-22(17-23)33-2/h3-13,17,19H,14-16,18H2,1-2H3/t19-/m0/s1. The average molecular weight is 458 g/mol. The van der Waals surface area contributed by atoms with Crippen LogP contribution in [0.5, 0.6) is 17.2 Å². The maximum Gasteiger partial charge on any atom is 0.227 e. The van der Waals surface area contributed by atoms with Crippen LogP contribution in [0.4, 0.5) is 5.69 Å². The summed E-state index contributed by atoms with van der Waals surface area (Å²) in [6.07, 6.45) is 0.423. The minimum absolute atomic E-state index is 0.00109. The predicted molar refractivity (Wildman–Crippen MR) is 131 cm³/mol. The first-order chi connectivity index (χ1) is 16.7. The maximum absolute atomic E-state index is 12.9. The van der Waals surface area contributed by atoms with E-state index >= 15 is 0 Å². The number of methoxy groups -OCH3 is 2. The van der Waals surface area contributed by atoms with Crippen molar-refractivity contribution in [2.45, 2.75) is 18.9 Å². The van der Waals surface area contributed by atoms with Gasteiger partial charge in [0.1, 0.15) is 29.7 Å². The molecule has 2 heterocycles. The van der Waals surface area contributed by atoms with E-state index < -0.39 is 0 Å². The van der Waals surface area contributed by atoms with E-state index in [4.69, 9.17) is 19.2 Å². The molecule has 0 unspecified atom stereocenters. The summed E-state index contributed by atoms with van der Waals surface area (Å²) in [4.78, 5) is 19.7. The van der Waals surface area contributed by atoms with Crippen molar-refractivity contribution in [3.05, 3.63) is 78.6 Å². The maximum atomic E-state index is 12.9. The summed E-state index contributed by atoms with van der Waals surface area (Å²) in [7, 11) is 3.27. The van der Waals surface area contributed by atoms with Crippen LogP contribution in [0.25, 0.3) is 11.0 Å². The van der Waals surface area contributed by atoms with Crippen molar-refractivity contribution in [1.29, 1.82) is 0 Å². The molecule has 5 rings (SSSR count). The van der Waals surface area contributed by atoms with Gasteiger partial charge in [0.05, 0.1) is 31.8 Å². The molecule has 1 fully saturated rings. The number of amides is 1. The summed E-state index contributed by atoms with van der Waals surface area (Å²) < 4.78 is 18.7. The van der Waals surface area contributed by atoms with Crippen LogP contribution in [0.15, 0.2) is 72.8 Å². The molecule has 7 nitrogen and oxygen atoms in total. The van der Waals surface area contributed by atoms with Crippen LogP contribution in [0, 0.1) is 0 Å². The van der Waals surface area contributed by atoms with E-state index in [0.29, 0.717) is 26.1 Å². The fourth-order valence-electron chi connectivity index (χ4n) is 4.48. The van der Waals surface area contributed by atoms with Crippen molar-refractivity contribution in [3.8, 4) is 17.2 Å². The third kappa shape index (κ3) is 4.29. The van der Waals surface area contributed by atoms with Crippen LogP contribution in [0.3, 0.4) is 0 Å². The van der Waals surface area contributed by atoms with Crippen molar-refractivity contribution in [3.63, 3.8) is 0 Å². The SMILES string of the molecule is COc1ccc(N2C[C@@H](c3nc4ccccc4n3CCOc3cccc(OC)c3)CC2=O)cc1. The predicted octanol–water partition coefficient (Wildman–Crippen LogP) is 4.65. The minimum atomic E-state index is -0.00109. The van der Waals surface area contributed by atoms with Crippen LogP contribution in [0.2, 0.25) is 0 Å². The van der Waals surface area contributed by atoms with Gasteiger partial charge in [0.25, 0.3) is 0 Å². The lowest BCUT2D eigenvalue weighted by Crippen LogP contribution is -2.24. The number of para-hydroxylation sites is 2.